The van der Waals surface area contributed by atoms with Crippen LogP contribution in [0.2, 0.25) is 0 Å². The Balaban J connectivity index is 1.19. The van der Waals surface area contributed by atoms with E-state index in [0.29, 0.717) is 6.04 Å². The maximum atomic E-state index is 12.9. The number of carbonyl (C=O) groups excluding carboxylic acids is 1. The number of urea groups is 1. The highest BCUT2D eigenvalue weighted by Gasteiger charge is 2.27. The Morgan fingerprint density at radius 3 is 2.86 bits per heavy atom. The van der Waals surface area contributed by atoms with Crippen molar-refractivity contribution in [3.05, 3.63) is 47.1 Å². The van der Waals surface area contributed by atoms with Gasteiger partial charge in [-0.05, 0) is 50.0 Å². The lowest BCUT2D eigenvalue weighted by molar-refractivity contribution is 0.0346. The molecule has 8 heteroatoms. The molecule has 6 rings (SSSR count). The summed E-state index contributed by atoms with van der Waals surface area (Å²) in [5.74, 6) is 0. The molecule has 1 saturated heterocycles. The van der Waals surface area contributed by atoms with E-state index in [-0.39, 0.29) is 12.1 Å². The Labute approximate surface area is 216 Å². The number of fused-ring (bicyclic) bond motifs is 1. The number of nitrogens with one attached hydrogen (secondary N) is 2. The van der Waals surface area contributed by atoms with Gasteiger partial charge in [0.1, 0.15) is 5.65 Å². The molecule has 1 saturated carbocycles. The van der Waals surface area contributed by atoms with Gasteiger partial charge in [-0.2, -0.15) is 0 Å². The monoisotopic (exact) mass is 505 g/mol. The van der Waals surface area contributed by atoms with Crippen LogP contribution < -0.4 is 5.32 Å². The van der Waals surface area contributed by atoms with Crippen molar-refractivity contribution >= 4 is 34.0 Å². The average Bonchev–Trinajstić information content (AvgIpc) is 3.65. The summed E-state index contributed by atoms with van der Waals surface area (Å²) in [6.45, 7) is 7.49. The van der Waals surface area contributed by atoms with E-state index in [1.54, 1.807) is 0 Å². The first kappa shape index (κ1) is 23.7. The van der Waals surface area contributed by atoms with Gasteiger partial charge in [-0.1, -0.05) is 18.9 Å². The minimum absolute atomic E-state index is 0.0660. The van der Waals surface area contributed by atoms with E-state index in [1.165, 1.54) is 33.7 Å². The van der Waals surface area contributed by atoms with Crippen LogP contribution >= 0.6 is 11.3 Å². The van der Waals surface area contributed by atoms with E-state index in [1.807, 2.05) is 22.4 Å². The van der Waals surface area contributed by atoms with Gasteiger partial charge in [-0.25, -0.2) is 9.78 Å². The molecule has 1 atom stereocenters. The van der Waals surface area contributed by atoms with E-state index < -0.39 is 0 Å². The molecule has 0 spiro atoms. The molecule has 2 aliphatic heterocycles. The Morgan fingerprint density at radius 1 is 1.22 bits per heavy atom. The summed E-state index contributed by atoms with van der Waals surface area (Å²) in [6, 6.07) is 7.23. The van der Waals surface area contributed by atoms with E-state index in [2.05, 4.69) is 52.6 Å². The number of thiophene rings is 1. The van der Waals surface area contributed by atoms with Crippen molar-refractivity contribution in [2.75, 3.05) is 32.8 Å². The highest BCUT2D eigenvalue weighted by molar-refractivity contribution is 7.15. The lowest BCUT2D eigenvalue weighted by atomic mass is 9.96. The Morgan fingerprint density at radius 2 is 2.06 bits per heavy atom. The fraction of sp³-hybridized carbons (Fsp3) is 0.500. The van der Waals surface area contributed by atoms with Gasteiger partial charge in [0.2, 0.25) is 0 Å². The summed E-state index contributed by atoms with van der Waals surface area (Å²) >= 11 is 1.85. The van der Waals surface area contributed by atoms with Crippen LogP contribution in [-0.2, 0) is 11.3 Å². The average molecular weight is 506 g/mol. The number of aromatic nitrogens is 2. The topological polar surface area (TPSA) is 73.5 Å². The number of amides is 2. The van der Waals surface area contributed by atoms with Crippen molar-refractivity contribution in [1.82, 2.24) is 25.1 Å². The predicted octanol–water partition coefficient (Wildman–Crippen LogP) is 5.25. The number of morpholine rings is 1. The second-order valence-electron chi connectivity index (χ2n) is 10.3. The number of nitrogens with zero attached hydrogens (tertiary/aromatic N) is 3. The normalized spacial score (nSPS) is 21.8. The highest BCUT2D eigenvalue weighted by Crippen LogP contribution is 2.35. The fourth-order valence-corrected chi connectivity index (χ4v) is 6.78. The maximum Gasteiger partial charge on any atom is 0.318 e. The number of ether oxygens (including phenoxy) is 1. The molecule has 3 aromatic heterocycles. The number of hydrogen-bond acceptors (Lipinski definition) is 5. The molecule has 190 valence electrons. The van der Waals surface area contributed by atoms with Crippen molar-refractivity contribution in [2.24, 2.45) is 0 Å². The minimum Gasteiger partial charge on any atom is -0.379 e. The highest BCUT2D eigenvalue weighted by atomic mass is 32.1. The van der Waals surface area contributed by atoms with Gasteiger partial charge in [-0.3, -0.25) is 4.90 Å². The third-order valence-electron chi connectivity index (χ3n) is 7.81. The molecule has 3 aliphatic rings. The molecule has 3 aromatic rings. The lowest BCUT2D eigenvalue weighted by Crippen LogP contribution is -2.49. The summed E-state index contributed by atoms with van der Waals surface area (Å²) in [5.41, 5.74) is 4.56. The van der Waals surface area contributed by atoms with Crippen LogP contribution in [0.3, 0.4) is 0 Å². The molecular weight excluding hydrogens is 470 g/mol. The molecule has 2 fully saturated rings. The van der Waals surface area contributed by atoms with Gasteiger partial charge in [0.15, 0.2) is 0 Å². The van der Waals surface area contributed by atoms with Crippen molar-refractivity contribution in [1.29, 1.82) is 0 Å². The molecule has 5 heterocycles. The van der Waals surface area contributed by atoms with E-state index in [9.17, 15) is 4.79 Å². The van der Waals surface area contributed by atoms with Crippen LogP contribution in [0.25, 0.3) is 27.0 Å². The zero-order chi connectivity index (χ0) is 24.5. The Hall–Kier alpha value is -2.68. The lowest BCUT2D eigenvalue weighted by Gasteiger charge is -2.33. The van der Waals surface area contributed by atoms with E-state index in [0.717, 1.165) is 75.3 Å². The second kappa shape index (κ2) is 10.4. The van der Waals surface area contributed by atoms with Crippen LogP contribution in [0.5, 0.6) is 0 Å². The van der Waals surface area contributed by atoms with Gasteiger partial charge in [0.25, 0.3) is 0 Å². The zero-order valence-electron chi connectivity index (χ0n) is 21.0. The Kier molecular flexibility index (Phi) is 6.82. The van der Waals surface area contributed by atoms with E-state index in [4.69, 9.17) is 9.72 Å². The summed E-state index contributed by atoms with van der Waals surface area (Å²) in [7, 11) is 0. The molecule has 0 radical (unpaired) electrons. The van der Waals surface area contributed by atoms with Crippen LogP contribution in [-0.4, -0.2) is 70.7 Å². The first-order chi connectivity index (χ1) is 17.6. The molecule has 0 aromatic carbocycles. The van der Waals surface area contributed by atoms with Crippen molar-refractivity contribution in [3.8, 4) is 10.4 Å². The van der Waals surface area contributed by atoms with Gasteiger partial charge >= 0.3 is 6.03 Å². The first-order valence-corrected chi connectivity index (χ1v) is 14.1. The maximum absolute atomic E-state index is 12.9. The largest absolute Gasteiger partial charge is 0.379 e. The van der Waals surface area contributed by atoms with Gasteiger partial charge < -0.3 is 19.9 Å². The molecule has 36 heavy (non-hydrogen) atoms. The standard InChI is InChI=1S/C28H35N5O2S/c1-19-14-20(8-9-33(19)28(34)31-22-4-2-3-5-22)25-17-30-27-24(25)15-21(16-29-27)26-7-6-23(36-26)18-32-10-12-35-13-11-32/h6-7,14-17,19,22H,2-5,8-13,18H2,1H3,(H,29,30)(H,31,34). The van der Waals surface area contributed by atoms with Gasteiger partial charge in [-0.15, -0.1) is 11.3 Å². The SMILES string of the molecule is CC1C=C(c2c[nH]c3ncc(-c4ccc(CN5CCOCC5)s4)cc23)CCN1C(=O)NC1CCCC1. The van der Waals surface area contributed by atoms with Crippen LogP contribution in [0, 0.1) is 0 Å². The fourth-order valence-electron chi connectivity index (χ4n) is 5.75. The van der Waals surface area contributed by atoms with Crippen LogP contribution in [0.15, 0.2) is 36.7 Å². The van der Waals surface area contributed by atoms with Crippen LogP contribution in [0.4, 0.5) is 4.79 Å². The number of carbonyl (C=O) groups is 1. The third-order valence-corrected chi connectivity index (χ3v) is 8.93. The number of aromatic amines is 1. The predicted molar refractivity (Wildman–Crippen MR) is 145 cm³/mol. The minimum atomic E-state index is 0.0660. The second-order valence-corrected chi connectivity index (χ2v) is 11.5. The summed E-state index contributed by atoms with van der Waals surface area (Å²) in [4.78, 5) is 28.0. The quantitative estimate of drug-likeness (QED) is 0.497. The molecular formula is C28H35N5O2S. The van der Waals surface area contributed by atoms with Gasteiger partial charge in [0.05, 0.1) is 13.2 Å². The molecule has 1 unspecified atom stereocenters. The molecule has 0 bridgehead atoms. The van der Waals surface area contributed by atoms with E-state index >= 15 is 0 Å². The molecule has 2 N–H and O–H groups in total. The number of hydrogen-bond donors (Lipinski definition) is 2. The van der Waals surface area contributed by atoms with Crippen molar-refractivity contribution in [2.45, 2.75) is 57.7 Å². The van der Waals surface area contributed by atoms with Crippen molar-refractivity contribution < 1.29 is 9.53 Å². The third kappa shape index (κ3) is 4.94. The number of H-pyrrole nitrogens is 1. The number of rotatable bonds is 5. The smallest absolute Gasteiger partial charge is 0.318 e. The molecule has 2 amide bonds. The van der Waals surface area contributed by atoms with Crippen molar-refractivity contribution in [3.63, 3.8) is 0 Å². The van der Waals surface area contributed by atoms with Gasteiger partial charge in [0, 0.05) is 76.9 Å². The summed E-state index contributed by atoms with van der Waals surface area (Å²) in [6.07, 6.45) is 11.8. The molecule has 7 nitrogen and oxygen atoms in total. The summed E-state index contributed by atoms with van der Waals surface area (Å²) in [5, 5.41) is 4.40. The molecule has 1 aliphatic carbocycles. The van der Waals surface area contributed by atoms with Crippen LogP contribution in [0.1, 0.15) is 49.5 Å². The Bertz CT molecular complexity index is 1250. The summed E-state index contributed by atoms with van der Waals surface area (Å²) < 4.78 is 5.48. The number of pyridine rings is 1. The first-order valence-electron chi connectivity index (χ1n) is 13.3. The zero-order valence-corrected chi connectivity index (χ0v) is 21.8.